The quantitative estimate of drug-likeness (QED) is 0.690. The van der Waals surface area contributed by atoms with Gasteiger partial charge in [-0.2, -0.15) is 17.4 Å². The summed E-state index contributed by atoms with van der Waals surface area (Å²) in [5.74, 6) is 0. The molecule has 1 saturated heterocycles. The molecule has 0 aliphatic carbocycles. The summed E-state index contributed by atoms with van der Waals surface area (Å²) in [6, 6.07) is -0.253. The van der Waals surface area contributed by atoms with Crippen LogP contribution in [0.1, 0.15) is 32.6 Å². The topological polar surface area (TPSA) is 84.7 Å². The Bertz CT molecular complexity index is 334. The number of nitrogens with one attached hydrogen (secondary N) is 1. The Kier molecular flexibility index (Phi) is 6.51. The highest BCUT2D eigenvalue weighted by molar-refractivity contribution is 7.87. The van der Waals surface area contributed by atoms with Crippen LogP contribution in [-0.2, 0) is 14.9 Å². The Morgan fingerprint density at radius 2 is 2.22 bits per heavy atom. The first kappa shape index (κ1) is 15.8. The van der Waals surface area contributed by atoms with Gasteiger partial charge in [0, 0.05) is 32.3 Å². The van der Waals surface area contributed by atoms with Gasteiger partial charge < -0.3 is 10.5 Å². The molecular formula is C11H25N3O3S. The highest BCUT2D eigenvalue weighted by atomic mass is 32.2. The summed E-state index contributed by atoms with van der Waals surface area (Å²) >= 11 is 0. The van der Waals surface area contributed by atoms with Gasteiger partial charge in [-0.25, -0.2) is 0 Å². The summed E-state index contributed by atoms with van der Waals surface area (Å²) < 4.78 is 33.8. The van der Waals surface area contributed by atoms with Gasteiger partial charge in [0.1, 0.15) is 0 Å². The zero-order valence-electron chi connectivity index (χ0n) is 11.3. The van der Waals surface area contributed by atoms with E-state index in [9.17, 15) is 8.42 Å². The van der Waals surface area contributed by atoms with Gasteiger partial charge in [0.05, 0.1) is 6.61 Å². The lowest BCUT2D eigenvalue weighted by Gasteiger charge is -2.34. The summed E-state index contributed by atoms with van der Waals surface area (Å²) in [6.07, 6.45) is 3.49. The van der Waals surface area contributed by atoms with Crippen molar-refractivity contribution in [3.05, 3.63) is 0 Å². The number of hydrogen-bond acceptors (Lipinski definition) is 4. The Morgan fingerprint density at radius 3 is 2.78 bits per heavy atom. The van der Waals surface area contributed by atoms with E-state index in [1.807, 2.05) is 6.92 Å². The molecule has 0 saturated carbocycles. The minimum absolute atomic E-state index is 0.0729. The summed E-state index contributed by atoms with van der Waals surface area (Å²) in [5.41, 5.74) is 5.65. The molecule has 6 nitrogen and oxygen atoms in total. The van der Waals surface area contributed by atoms with Crippen molar-refractivity contribution < 1.29 is 13.2 Å². The molecule has 0 amide bonds. The molecule has 1 rings (SSSR count). The fourth-order valence-corrected chi connectivity index (χ4v) is 3.99. The van der Waals surface area contributed by atoms with Gasteiger partial charge in [-0.1, -0.05) is 13.3 Å². The van der Waals surface area contributed by atoms with Crippen LogP contribution in [0, 0.1) is 0 Å². The van der Waals surface area contributed by atoms with Crippen LogP contribution < -0.4 is 10.5 Å². The van der Waals surface area contributed by atoms with Crippen LogP contribution in [0.25, 0.3) is 0 Å². The Labute approximate surface area is 110 Å². The van der Waals surface area contributed by atoms with Gasteiger partial charge in [0.15, 0.2) is 0 Å². The molecule has 0 radical (unpaired) electrons. The molecule has 108 valence electrons. The summed E-state index contributed by atoms with van der Waals surface area (Å²) in [5, 5.41) is 0. The summed E-state index contributed by atoms with van der Waals surface area (Å²) in [7, 11) is -1.88. The second kappa shape index (κ2) is 7.40. The van der Waals surface area contributed by atoms with Gasteiger partial charge in [0.2, 0.25) is 0 Å². The van der Waals surface area contributed by atoms with Crippen LogP contribution in [0.2, 0.25) is 0 Å². The number of methoxy groups -OCH3 is 1. The van der Waals surface area contributed by atoms with Gasteiger partial charge in [0.25, 0.3) is 10.2 Å². The first-order valence-corrected chi connectivity index (χ1v) is 7.97. The molecule has 0 aromatic rings. The highest BCUT2D eigenvalue weighted by Gasteiger charge is 2.32. The van der Waals surface area contributed by atoms with Gasteiger partial charge in [-0.05, 0) is 19.3 Å². The lowest BCUT2D eigenvalue weighted by molar-refractivity contribution is 0.170. The lowest BCUT2D eigenvalue weighted by atomic mass is 10.1. The third-order valence-electron chi connectivity index (χ3n) is 3.33. The van der Waals surface area contributed by atoms with Crippen LogP contribution in [0.3, 0.4) is 0 Å². The average Bonchev–Trinajstić information content (AvgIpc) is 2.38. The summed E-state index contributed by atoms with van der Waals surface area (Å²) in [4.78, 5) is 0. The maximum absolute atomic E-state index is 12.3. The van der Waals surface area contributed by atoms with Crippen molar-refractivity contribution in [3.8, 4) is 0 Å². The standard InChI is InChI=1S/C11H25N3O3S/c1-3-10(9-17-2)13-18(15,16)14-7-5-4-6-11(14)8-12/h10-11,13H,3-9,12H2,1-2H3. The molecule has 18 heavy (non-hydrogen) atoms. The lowest BCUT2D eigenvalue weighted by Crippen LogP contribution is -2.54. The maximum atomic E-state index is 12.3. The molecule has 1 heterocycles. The molecular weight excluding hydrogens is 254 g/mol. The van der Waals surface area contributed by atoms with Crippen molar-refractivity contribution in [2.45, 2.75) is 44.7 Å². The number of rotatable bonds is 7. The van der Waals surface area contributed by atoms with E-state index in [1.165, 1.54) is 4.31 Å². The van der Waals surface area contributed by atoms with Crippen LogP contribution in [-0.4, -0.2) is 51.6 Å². The molecule has 1 fully saturated rings. The molecule has 0 spiro atoms. The molecule has 0 aromatic heterocycles. The SMILES string of the molecule is CCC(COC)NS(=O)(=O)N1CCCCC1CN. The van der Waals surface area contributed by atoms with Crippen molar-refractivity contribution in [1.82, 2.24) is 9.03 Å². The van der Waals surface area contributed by atoms with Gasteiger partial charge >= 0.3 is 0 Å². The van der Waals surface area contributed by atoms with E-state index in [2.05, 4.69) is 4.72 Å². The second-order valence-corrected chi connectivity index (χ2v) is 6.33. The number of hydrogen-bond donors (Lipinski definition) is 2. The molecule has 1 aliphatic heterocycles. The van der Waals surface area contributed by atoms with E-state index in [1.54, 1.807) is 7.11 Å². The van der Waals surface area contributed by atoms with E-state index in [4.69, 9.17) is 10.5 Å². The highest BCUT2D eigenvalue weighted by Crippen LogP contribution is 2.19. The van der Waals surface area contributed by atoms with E-state index < -0.39 is 10.2 Å². The molecule has 7 heteroatoms. The fraction of sp³-hybridized carbons (Fsp3) is 1.00. The third kappa shape index (κ3) is 4.17. The van der Waals surface area contributed by atoms with E-state index >= 15 is 0 Å². The second-order valence-electron chi connectivity index (χ2n) is 4.68. The van der Waals surface area contributed by atoms with Gasteiger partial charge in [-0.15, -0.1) is 0 Å². The maximum Gasteiger partial charge on any atom is 0.280 e. The predicted octanol–water partition coefficient (Wildman–Crippen LogP) is 0.0590. The fourth-order valence-electron chi connectivity index (χ4n) is 2.24. The van der Waals surface area contributed by atoms with Crippen LogP contribution in [0.4, 0.5) is 0 Å². The van der Waals surface area contributed by atoms with Crippen LogP contribution in [0.5, 0.6) is 0 Å². The van der Waals surface area contributed by atoms with Crippen molar-refractivity contribution >= 4 is 10.2 Å². The van der Waals surface area contributed by atoms with E-state index in [-0.39, 0.29) is 12.1 Å². The zero-order valence-corrected chi connectivity index (χ0v) is 12.1. The number of ether oxygens (including phenoxy) is 1. The molecule has 0 bridgehead atoms. The zero-order chi connectivity index (χ0) is 13.6. The van der Waals surface area contributed by atoms with Crippen molar-refractivity contribution in [3.63, 3.8) is 0 Å². The number of nitrogens with two attached hydrogens (primary N) is 1. The van der Waals surface area contributed by atoms with Crippen molar-refractivity contribution in [1.29, 1.82) is 0 Å². The van der Waals surface area contributed by atoms with E-state index in [0.717, 1.165) is 19.3 Å². The van der Waals surface area contributed by atoms with Crippen molar-refractivity contribution in [2.75, 3.05) is 26.8 Å². The minimum atomic E-state index is -3.45. The Balaban J connectivity index is 2.71. The molecule has 2 atom stereocenters. The molecule has 1 aliphatic rings. The van der Waals surface area contributed by atoms with Crippen molar-refractivity contribution in [2.24, 2.45) is 5.73 Å². The molecule has 2 unspecified atom stereocenters. The predicted molar refractivity (Wildman–Crippen MR) is 71.4 cm³/mol. The number of piperidine rings is 1. The first-order chi connectivity index (χ1) is 8.55. The first-order valence-electron chi connectivity index (χ1n) is 6.53. The largest absolute Gasteiger partial charge is 0.383 e. The number of nitrogens with zero attached hydrogens (tertiary/aromatic N) is 1. The smallest absolute Gasteiger partial charge is 0.280 e. The third-order valence-corrected chi connectivity index (χ3v) is 5.06. The van der Waals surface area contributed by atoms with E-state index in [0.29, 0.717) is 26.1 Å². The average molecular weight is 279 g/mol. The molecule has 3 N–H and O–H groups in total. The summed E-state index contributed by atoms with van der Waals surface area (Å²) in [6.45, 7) is 3.25. The van der Waals surface area contributed by atoms with Gasteiger partial charge in [-0.3, -0.25) is 0 Å². The molecule has 0 aromatic carbocycles. The van der Waals surface area contributed by atoms with Crippen LogP contribution >= 0.6 is 0 Å². The van der Waals surface area contributed by atoms with Crippen LogP contribution in [0.15, 0.2) is 0 Å². The Hall–Kier alpha value is -0.210. The minimum Gasteiger partial charge on any atom is -0.383 e. The Morgan fingerprint density at radius 1 is 1.50 bits per heavy atom. The normalized spacial score (nSPS) is 24.1. The monoisotopic (exact) mass is 279 g/mol.